The van der Waals surface area contributed by atoms with Crippen LogP contribution in [0.5, 0.6) is 0 Å². The topological polar surface area (TPSA) is 8.81 Å². The minimum Gasteiger partial charge on any atom is -1.00 e. The third kappa shape index (κ3) is 2.27. The van der Waals surface area contributed by atoms with E-state index in [1.54, 1.807) is 12.1 Å². The molecule has 0 aliphatic rings. The first-order valence-electron chi connectivity index (χ1n) is 4.84. The Morgan fingerprint density at radius 2 is 1.82 bits per heavy atom. The fourth-order valence-corrected chi connectivity index (χ4v) is 2.02. The maximum absolute atomic E-state index is 12.8. The summed E-state index contributed by atoms with van der Waals surface area (Å²) in [5.74, 6) is -0.645. The summed E-state index contributed by atoms with van der Waals surface area (Å²) in [5, 5.41) is 0. The zero-order chi connectivity index (χ0) is 12.1. The second-order valence-corrected chi connectivity index (χ2v) is 3.93. The summed E-state index contributed by atoms with van der Waals surface area (Å²) in [4.78, 5) is 0. The van der Waals surface area contributed by atoms with Crippen LogP contribution in [0.3, 0.4) is 0 Å². The van der Waals surface area contributed by atoms with Crippen molar-refractivity contribution >= 4 is 11.0 Å². The molecule has 0 unspecified atom stereocenters. The second kappa shape index (κ2) is 4.47. The normalized spacial score (nSPS) is 11.6. The number of alkyl halides is 3. The molecule has 2 nitrogen and oxygen atoms in total. The predicted molar refractivity (Wildman–Crippen MR) is 53.8 cm³/mol. The average molecular weight is 356 g/mol. The van der Waals surface area contributed by atoms with E-state index in [1.807, 2.05) is 13.0 Å². The van der Waals surface area contributed by atoms with Crippen molar-refractivity contribution in [3.8, 4) is 0 Å². The summed E-state index contributed by atoms with van der Waals surface area (Å²) in [7, 11) is 2.87. The van der Waals surface area contributed by atoms with Gasteiger partial charge in [-0.2, -0.15) is 13.2 Å². The van der Waals surface area contributed by atoms with E-state index in [2.05, 4.69) is 0 Å². The first kappa shape index (κ1) is 14.3. The van der Waals surface area contributed by atoms with Crippen LogP contribution in [0.15, 0.2) is 18.2 Å². The van der Waals surface area contributed by atoms with E-state index in [0.717, 1.165) is 5.56 Å². The predicted octanol–water partition coefficient (Wildman–Crippen LogP) is -0.666. The molecule has 94 valence electrons. The average Bonchev–Trinajstić information content (AvgIpc) is 2.38. The van der Waals surface area contributed by atoms with Gasteiger partial charge in [-0.25, -0.2) is 9.13 Å². The zero-order valence-corrected chi connectivity index (χ0v) is 11.8. The highest BCUT2D eigenvalue weighted by molar-refractivity contribution is 5.73. The number of imidazole rings is 1. The number of aromatic nitrogens is 2. The molecule has 1 aromatic heterocycles. The molecule has 0 saturated heterocycles. The second-order valence-electron chi connectivity index (χ2n) is 3.93. The Labute approximate surface area is 114 Å². The monoisotopic (exact) mass is 356 g/mol. The lowest BCUT2D eigenvalue weighted by Crippen LogP contribution is -3.00. The lowest BCUT2D eigenvalue weighted by atomic mass is 10.2. The molecule has 0 spiro atoms. The molecule has 0 aliphatic heterocycles. The van der Waals surface area contributed by atoms with Gasteiger partial charge in [0.25, 0.3) is 0 Å². The molecule has 0 atom stereocenters. The molecule has 2 rings (SSSR count). The standard InChI is InChI=1S/C11H12F3N2.HI/c1-7-4-5-8-9(6-7)16(3)10(15(8)2)11(12,13)14;/h4-6H,1-3H3;1H/q+1;/p-1. The van der Waals surface area contributed by atoms with Gasteiger partial charge in [0.2, 0.25) is 0 Å². The van der Waals surface area contributed by atoms with Crippen molar-refractivity contribution in [2.75, 3.05) is 0 Å². The zero-order valence-electron chi connectivity index (χ0n) is 9.64. The Morgan fingerprint density at radius 3 is 2.35 bits per heavy atom. The molecule has 0 radical (unpaired) electrons. The van der Waals surface area contributed by atoms with Gasteiger partial charge in [-0.1, -0.05) is 6.07 Å². The first-order chi connectivity index (χ1) is 7.32. The van der Waals surface area contributed by atoms with Gasteiger partial charge in [0.15, 0.2) is 11.0 Å². The van der Waals surface area contributed by atoms with Crippen LogP contribution in [0.2, 0.25) is 0 Å². The Morgan fingerprint density at radius 1 is 1.24 bits per heavy atom. The van der Waals surface area contributed by atoms with Gasteiger partial charge in [-0.3, -0.25) is 0 Å². The van der Waals surface area contributed by atoms with Crippen molar-refractivity contribution in [3.05, 3.63) is 29.6 Å². The van der Waals surface area contributed by atoms with E-state index in [-0.39, 0.29) is 24.0 Å². The number of hydrogen-bond acceptors (Lipinski definition) is 0. The highest BCUT2D eigenvalue weighted by atomic mass is 127. The minimum absolute atomic E-state index is 0. The molecular weight excluding hydrogens is 344 g/mol. The number of fused-ring (bicyclic) bond motifs is 1. The van der Waals surface area contributed by atoms with Crippen molar-refractivity contribution in [2.45, 2.75) is 13.1 Å². The Hall–Kier alpha value is -0.790. The Kier molecular flexibility index (Phi) is 3.75. The number of halogens is 4. The van der Waals surface area contributed by atoms with Crippen LogP contribution in [0.1, 0.15) is 11.4 Å². The molecule has 0 fully saturated rings. The molecule has 0 N–H and O–H groups in total. The molecule has 0 aliphatic carbocycles. The van der Waals surface area contributed by atoms with E-state index in [0.29, 0.717) is 11.0 Å². The van der Waals surface area contributed by atoms with Gasteiger partial charge in [0.1, 0.15) is 0 Å². The van der Waals surface area contributed by atoms with Crippen LogP contribution < -0.4 is 28.5 Å². The SMILES string of the molecule is Cc1ccc2c(c1)n(C)c(C(F)(F)F)[n+]2C.[I-]. The summed E-state index contributed by atoms with van der Waals surface area (Å²) in [5.41, 5.74) is 2.12. The lowest BCUT2D eigenvalue weighted by molar-refractivity contribution is -0.667. The maximum Gasteiger partial charge on any atom is 0.495 e. The molecule has 2 aromatic rings. The fraction of sp³-hybridized carbons (Fsp3) is 0.364. The number of rotatable bonds is 0. The van der Waals surface area contributed by atoms with E-state index >= 15 is 0 Å². The molecular formula is C11H12F3IN2. The highest BCUT2D eigenvalue weighted by Crippen LogP contribution is 2.29. The molecule has 6 heteroatoms. The van der Waals surface area contributed by atoms with E-state index in [1.165, 1.54) is 23.2 Å². The van der Waals surface area contributed by atoms with Crippen LogP contribution in [-0.4, -0.2) is 4.57 Å². The van der Waals surface area contributed by atoms with Crippen molar-refractivity contribution in [1.82, 2.24) is 4.57 Å². The van der Waals surface area contributed by atoms with Crippen LogP contribution in [-0.2, 0) is 20.3 Å². The minimum atomic E-state index is -4.34. The number of aryl methyl sites for hydroxylation is 3. The molecule has 0 amide bonds. The summed E-state index contributed by atoms with van der Waals surface area (Å²) in [6.45, 7) is 1.86. The highest BCUT2D eigenvalue weighted by Gasteiger charge is 2.45. The maximum atomic E-state index is 12.8. The Bertz CT molecular complexity index is 558. The van der Waals surface area contributed by atoms with Crippen molar-refractivity contribution in [1.29, 1.82) is 0 Å². The van der Waals surface area contributed by atoms with Crippen molar-refractivity contribution in [3.63, 3.8) is 0 Å². The molecule has 0 bridgehead atoms. The van der Waals surface area contributed by atoms with Gasteiger partial charge in [-0.15, -0.1) is 0 Å². The summed E-state index contributed by atoms with van der Waals surface area (Å²) in [6, 6.07) is 5.27. The fourth-order valence-electron chi connectivity index (χ4n) is 2.02. The van der Waals surface area contributed by atoms with Gasteiger partial charge in [-0.05, 0) is 24.6 Å². The van der Waals surface area contributed by atoms with Crippen molar-refractivity contribution in [2.24, 2.45) is 14.1 Å². The van der Waals surface area contributed by atoms with E-state index in [4.69, 9.17) is 0 Å². The molecule has 0 saturated carbocycles. The quantitative estimate of drug-likeness (QED) is 0.438. The third-order valence-corrected chi connectivity index (χ3v) is 2.74. The lowest BCUT2D eigenvalue weighted by Gasteiger charge is -2.01. The van der Waals surface area contributed by atoms with Crippen molar-refractivity contribution < 1.29 is 41.7 Å². The van der Waals surface area contributed by atoms with Gasteiger partial charge in [0, 0.05) is 0 Å². The number of benzene rings is 1. The summed E-state index contributed by atoms with van der Waals surface area (Å²) in [6.07, 6.45) is -4.34. The largest absolute Gasteiger partial charge is 1.00 e. The molecule has 1 aromatic carbocycles. The van der Waals surface area contributed by atoms with Gasteiger partial charge >= 0.3 is 12.0 Å². The van der Waals surface area contributed by atoms with Gasteiger partial charge < -0.3 is 24.0 Å². The van der Waals surface area contributed by atoms with Crippen LogP contribution in [0.4, 0.5) is 13.2 Å². The van der Waals surface area contributed by atoms with Crippen LogP contribution in [0, 0.1) is 6.92 Å². The smallest absolute Gasteiger partial charge is 0.495 e. The molecule has 1 heterocycles. The number of hydrogen-bond donors (Lipinski definition) is 0. The van der Waals surface area contributed by atoms with E-state index < -0.39 is 12.0 Å². The number of nitrogens with zero attached hydrogens (tertiary/aromatic N) is 2. The Balaban J connectivity index is 0.00000144. The van der Waals surface area contributed by atoms with Crippen LogP contribution >= 0.6 is 0 Å². The first-order valence-corrected chi connectivity index (χ1v) is 4.84. The summed E-state index contributed by atoms with van der Waals surface area (Å²) < 4.78 is 40.8. The van der Waals surface area contributed by atoms with E-state index in [9.17, 15) is 13.2 Å². The van der Waals surface area contributed by atoms with Crippen LogP contribution in [0.25, 0.3) is 11.0 Å². The summed E-state index contributed by atoms with van der Waals surface area (Å²) >= 11 is 0. The van der Waals surface area contributed by atoms with Gasteiger partial charge in [0.05, 0.1) is 14.1 Å². The third-order valence-electron chi connectivity index (χ3n) is 2.74. The molecule has 17 heavy (non-hydrogen) atoms.